The zero-order chi connectivity index (χ0) is 12.2. The van der Waals surface area contributed by atoms with Gasteiger partial charge in [-0.15, -0.1) is 0 Å². The van der Waals surface area contributed by atoms with Crippen molar-refractivity contribution in [3.05, 3.63) is 42.0 Å². The second-order valence-electron chi connectivity index (χ2n) is 2.97. The first kappa shape index (κ1) is 13.1. The SMILES string of the molecule is COC(=O)C(F)(F)C=C(I)c1ccccc1. The van der Waals surface area contributed by atoms with E-state index in [2.05, 4.69) is 4.74 Å². The van der Waals surface area contributed by atoms with Gasteiger partial charge in [0.05, 0.1) is 7.11 Å². The van der Waals surface area contributed by atoms with E-state index in [0.717, 1.165) is 7.11 Å². The molecule has 0 saturated heterocycles. The molecule has 0 aliphatic rings. The van der Waals surface area contributed by atoms with Crippen LogP contribution in [-0.2, 0) is 9.53 Å². The van der Waals surface area contributed by atoms with Crippen molar-refractivity contribution in [3.8, 4) is 0 Å². The van der Waals surface area contributed by atoms with Crippen LogP contribution in [0, 0.1) is 0 Å². The lowest BCUT2D eigenvalue weighted by atomic mass is 10.2. The first-order valence-electron chi connectivity index (χ1n) is 4.37. The maximum Gasteiger partial charge on any atom is 0.381 e. The molecule has 86 valence electrons. The number of benzene rings is 1. The predicted octanol–water partition coefficient (Wildman–Crippen LogP) is 3.27. The van der Waals surface area contributed by atoms with E-state index in [1.165, 1.54) is 0 Å². The van der Waals surface area contributed by atoms with Gasteiger partial charge in [0.15, 0.2) is 0 Å². The first-order chi connectivity index (χ1) is 7.47. The van der Waals surface area contributed by atoms with Crippen LogP contribution in [0.25, 0.3) is 3.58 Å². The minimum atomic E-state index is -3.60. The smallest absolute Gasteiger partial charge is 0.381 e. The molecule has 0 amide bonds. The van der Waals surface area contributed by atoms with Gasteiger partial charge in [0, 0.05) is 9.66 Å². The highest BCUT2D eigenvalue weighted by Crippen LogP contribution is 2.28. The van der Waals surface area contributed by atoms with Crippen LogP contribution in [0.3, 0.4) is 0 Å². The van der Waals surface area contributed by atoms with Crippen molar-refractivity contribution in [1.82, 2.24) is 0 Å². The fourth-order valence-electron chi connectivity index (χ4n) is 1.03. The number of carbonyl (C=O) groups is 1. The molecule has 0 saturated carbocycles. The summed E-state index contributed by atoms with van der Waals surface area (Å²) in [6.45, 7) is 0. The van der Waals surface area contributed by atoms with E-state index in [0.29, 0.717) is 15.2 Å². The minimum Gasteiger partial charge on any atom is -0.464 e. The topological polar surface area (TPSA) is 26.3 Å². The van der Waals surface area contributed by atoms with E-state index >= 15 is 0 Å². The van der Waals surface area contributed by atoms with Crippen molar-refractivity contribution in [2.75, 3.05) is 7.11 Å². The average Bonchev–Trinajstić information content (AvgIpc) is 2.28. The van der Waals surface area contributed by atoms with E-state index in [4.69, 9.17) is 0 Å². The van der Waals surface area contributed by atoms with Crippen molar-refractivity contribution in [1.29, 1.82) is 0 Å². The predicted molar refractivity (Wildman–Crippen MR) is 65.4 cm³/mol. The Morgan fingerprint density at radius 1 is 1.38 bits per heavy atom. The molecular formula is C11H9F2IO2. The molecule has 1 aromatic carbocycles. The van der Waals surface area contributed by atoms with Crippen LogP contribution in [-0.4, -0.2) is 19.0 Å². The standard InChI is InChI=1S/C11H9F2IO2/c1-16-10(15)11(12,13)7-9(14)8-5-3-2-4-6-8/h2-7H,1H3. The number of rotatable bonds is 3. The van der Waals surface area contributed by atoms with Gasteiger partial charge in [0.2, 0.25) is 0 Å². The summed E-state index contributed by atoms with van der Waals surface area (Å²) in [4.78, 5) is 10.8. The molecule has 0 bridgehead atoms. The highest BCUT2D eigenvalue weighted by Gasteiger charge is 2.37. The zero-order valence-electron chi connectivity index (χ0n) is 8.41. The monoisotopic (exact) mass is 338 g/mol. The molecule has 1 aromatic rings. The van der Waals surface area contributed by atoms with Gasteiger partial charge in [-0.2, -0.15) is 8.78 Å². The van der Waals surface area contributed by atoms with Gasteiger partial charge in [-0.25, -0.2) is 4.79 Å². The maximum atomic E-state index is 13.2. The molecule has 0 unspecified atom stereocenters. The van der Waals surface area contributed by atoms with Crippen molar-refractivity contribution in [2.24, 2.45) is 0 Å². The number of hydrogen-bond acceptors (Lipinski definition) is 2. The Morgan fingerprint density at radius 2 is 1.94 bits per heavy atom. The number of halogens is 3. The lowest BCUT2D eigenvalue weighted by molar-refractivity contribution is -0.161. The summed E-state index contributed by atoms with van der Waals surface area (Å²) in [6, 6.07) is 8.62. The second-order valence-corrected chi connectivity index (χ2v) is 4.14. The quantitative estimate of drug-likeness (QED) is 0.625. The van der Waals surface area contributed by atoms with Crippen molar-refractivity contribution in [2.45, 2.75) is 5.92 Å². The molecule has 0 aliphatic carbocycles. The van der Waals surface area contributed by atoms with Crippen LogP contribution in [0.1, 0.15) is 5.56 Å². The van der Waals surface area contributed by atoms with Gasteiger partial charge in [-0.1, -0.05) is 30.3 Å². The lowest BCUT2D eigenvalue weighted by Gasteiger charge is -2.09. The van der Waals surface area contributed by atoms with E-state index in [9.17, 15) is 13.6 Å². The summed E-state index contributed by atoms with van der Waals surface area (Å²) in [5.41, 5.74) is 0.631. The van der Waals surface area contributed by atoms with E-state index in [-0.39, 0.29) is 0 Å². The molecule has 0 aliphatic heterocycles. The van der Waals surface area contributed by atoms with Crippen LogP contribution >= 0.6 is 22.6 Å². The third-order valence-electron chi connectivity index (χ3n) is 1.82. The van der Waals surface area contributed by atoms with Crippen molar-refractivity contribution < 1.29 is 18.3 Å². The molecule has 0 fully saturated rings. The fraction of sp³-hybridized carbons (Fsp3) is 0.182. The minimum absolute atomic E-state index is 0.300. The lowest BCUT2D eigenvalue weighted by Crippen LogP contribution is -2.27. The van der Waals surface area contributed by atoms with E-state index < -0.39 is 11.9 Å². The third-order valence-corrected chi connectivity index (χ3v) is 2.75. The van der Waals surface area contributed by atoms with Gasteiger partial charge in [0.25, 0.3) is 0 Å². The molecular weight excluding hydrogens is 329 g/mol. The molecule has 1 rings (SSSR count). The number of esters is 1. The summed E-state index contributed by atoms with van der Waals surface area (Å²) >= 11 is 1.76. The molecule has 0 heterocycles. The molecule has 5 heteroatoms. The fourth-order valence-corrected chi connectivity index (χ4v) is 1.79. The normalized spacial score (nSPS) is 12.4. The summed E-state index contributed by atoms with van der Waals surface area (Å²) in [7, 11) is 0.930. The van der Waals surface area contributed by atoms with Gasteiger partial charge < -0.3 is 4.74 Å². The Hall–Kier alpha value is -0.980. The summed E-state index contributed by atoms with van der Waals surface area (Å²) in [5, 5.41) is 0. The maximum absolute atomic E-state index is 13.2. The molecule has 16 heavy (non-hydrogen) atoms. The molecule has 0 spiro atoms. The number of methoxy groups -OCH3 is 1. The molecule has 0 aromatic heterocycles. The third kappa shape index (κ3) is 3.26. The van der Waals surface area contributed by atoms with E-state index in [1.807, 2.05) is 0 Å². The first-order valence-corrected chi connectivity index (χ1v) is 5.45. The second kappa shape index (κ2) is 5.38. The average molecular weight is 338 g/mol. The van der Waals surface area contributed by atoms with Crippen molar-refractivity contribution >= 4 is 32.1 Å². The zero-order valence-corrected chi connectivity index (χ0v) is 10.6. The number of carbonyl (C=O) groups excluding carboxylic acids is 1. The van der Waals surface area contributed by atoms with Gasteiger partial charge in [0.1, 0.15) is 0 Å². The van der Waals surface area contributed by atoms with Gasteiger partial charge >= 0.3 is 11.9 Å². The highest BCUT2D eigenvalue weighted by atomic mass is 127. The van der Waals surface area contributed by atoms with Crippen molar-refractivity contribution in [3.63, 3.8) is 0 Å². The van der Waals surface area contributed by atoms with Crippen LogP contribution < -0.4 is 0 Å². The molecule has 0 radical (unpaired) electrons. The largest absolute Gasteiger partial charge is 0.464 e. The Morgan fingerprint density at radius 3 is 2.44 bits per heavy atom. The number of ether oxygens (including phenoxy) is 1. The summed E-state index contributed by atoms with van der Waals surface area (Å²) in [6.07, 6.45) is 0.592. The van der Waals surface area contributed by atoms with Gasteiger partial charge in [-0.05, 0) is 28.2 Å². The molecule has 2 nitrogen and oxygen atoms in total. The van der Waals surface area contributed by atoms with Gasteiger partial charge in [-0.3, -0.25) is 0 Å². The Kier molecular flexibility index (Phi) is 4.40. The summed E-state index contributed by atoms with van der Waals surface area (Å²) < 4.78 is 30.7. The van der Waals surface area contributed by atoms with E-state index in [1.54, 1.807) is 52.9 Å². The van der Waals surface area contributed by atoms with Crippen LogP contribution in [0.15, 0.2) is 36.4 Å². The Bertz CT molecular complexity index is 402. The number of alkyl halides is 2. The molecule has 0 N–H and O–H groups in total. The Balaban J connectivity index is 2.97. The van der Waals surface area contributed by atoms with Crippen LogP contribution in [0.4, 0.5) is 8.78 Å². The summed E-state index contributed by atoms with van der Waals surface area (Å²) in [5.74, 6) is -5.15. The Labute approximate surface area is 105 Å². The number of hydrogen-bond donors (Lipinski definition) is 0. The molecule has 0 atom stereocenters. The van der Waals surface area contributed by atoms with Crippen LogP contribution in [0.2, 0.25) is 0 Å². The highest BCUT2D eigenvalue weighted by molar-refractivity contribution is 14.1. The van der Waals surface area contributed by atoms with Crippen LogP contribution in [0.5, 0.6) is 0 Å².